The number of benzene rings is 1. The van der Waals surface area contributed by atoms with Crippen LogP contribution in [-0.2, 0) is 4.79 Å². The zero-order valence-electron chi connectivity index (χ0n) is 9.95. The van der Waals surface area contributed by atoms with Crippen molar-refractivity contribution in [2.75, 3.05) is 5.32 Å². The number of hydrogen-bond donors (Lipinski definition) is 1. The summed E-state index contributed by atoms with van der Waals surface area (Å²) in [4.78, 5) is 23.2. The zero-order valence-corrected chi connectivity index (χ0v) is 9.95. The third-order valence-corrected chi connectivity index (χ3v) is 2.71. The van der Waals surface area contributed by atoms with Crippen LogP contribution >= 0.6 is 0 Å². The van der Waals surface area contributed by atoms with Gasteiger partial charge in [0.05, 0.1) is 5.69 Å². The Balaban J connectivity index is 2.28. The lowest BCUT2D eigenvalue weighted by Crippen LogP contribution is -2.34. The second-order valence-electron chi connectivity index (χ2n) is 4.13. The van der Waals surface area contributed by atoms with Crippen molar-refractivity contribution < 1.29 is 14.3 Å². The van der Waals surface area contributed by atoms with E-state index in [9.17, 15) is 9.59 Å². The van der Waals surface area contributed by atoms with E-state index in [-0.39, 0.29) is 11.7 Å². The summed E-state index contributed by atoms with van der Waals surface area (Å²) in [5.74, 6) is 0.519. The lowest BCUT2D eigenvalue weighted by molar-refractivity contribution is -0.122. The van der Waals surface area contributed by atoms with E-state index < -0.39 is 6.10 Å². The fraction of sp³-hybridized carbons (Fsp3) is 0.385. The Bertz CT molecular complexity index is 468. The lowest BCUT2D eigenvalue weighted by Gasteiger charge is -2.23. The summed E-state index contributed by atoms with van der Waals surface area (Å²) in [6.45, 7) is 3.65. The minimum Gasteiger partial charge on any atom is -0.479 e. The number of nitrogens with one attached hydrogen (secondary N) is 1. The molecule has 1 atom stereocenters. The molecule has 1 aromatic carbocycles. The molecule has 1 aliphatic heterocycles. The number of anilines is 1. The number of Topliss-reactive ketones (excluding diaryl/α,β-unsaturated/α-hetero) is 1. The Morgan fingerprint density at radius 2 is 2.24 bits per heavy atom. The van der Waals surface area contributed by atoms with Gasteiger partial charge in [-0.15, -0.1) is 0 Å². The number of ketones is 1. The van der Waals surface area contributed by atoms with Crippen molar-refractivity contribution in [1.29, 1.82) is 0 Å². The number of amides is 1. The minimum atomic E-state index is -0.486. The standard InChI is InChI=1S/C13H15NO3/c1-3-4-11(15)9-5-6-12-10(7-9)14-13(16)8(2)17-12/h5-8H,3-4H2,1-2H3,(H,14,16). The predicted molar refractivity (Wildman–Crippen MR) is 64.4 cm³/mol. The van der Waals surface area contributed by atoms with Crippen molar-refractivity contribution in [3.05, 3.63) is 23.8 Å². The Morgan fingerprint density at radius 1 is 1.47 bits per heavy atom. The zero-order chi connectivity index (χ0) is 12.4. The van der Waals surface area contributed by atoms with Crippen molar-refractivity contribution in [2.24, 2.45) is 0 Å². The number of ether oxygens (including phenoxy) is 1. The van der Waals surface area contributed by atoms with Gasteiger partial charge in [0.2, 0.25) is 0 Å². The van der Waals surface area contributed by atoms with E-state index in [1.54, 1.807) is 25.1 Å². The van der Waals surface area contributed by atoms with Crippen LogP contribution in [0.25, 0.3) is 0 Å². The number of hydrogen-bond acceptors (Lipinski definition) is 3. The van der Waals surface area contributed by atoms with E-state index >= 15 is 0 Å². The van der Waals surface area contributed by atoms with Gasteiger partial charge >= 0.3 is 0 Å². The highest BCUT2D eigenvalue weighted by Gasteiger charge is 2.24. The Morgan fingerprint density at radius 3 is 2.94 bits per heavy atom. The lowest BCUT2D eigenvalue weighted by atomic mass is 10.1. The van der Waals surface area contributed by atoms with Gasteiger partial charge in [0.25, 0.3) is 5.91 Å². The summed E-state index contributed by atoms with van der Waals surface area (Å²) in [5.41, 5.74) is 1.19. The molecule has 1 amide bonds. The van der Waals surface area contributed by atoms with E-state index in [0.717, 1.165) is 6.42 Å². The number of rotatable bonds is 3. The molecule has 0 saturated carbocycles. The highest BCUT2D eigenvalue weighted by Crippen LogP contribution is 2.30. The van der Waals surface area contributed by atoms with E-state index in [4.69, 9.17) is 4.74 Å². The van der Waals surface area contributed by atoms with E-state index in [1.165, 1.54) is 0 Å². The second-order valence-corrected chi connectivity index (χ2v) is 4.13. The maximum Gasteiger partial charge on any atom is 0.265 e. The first-order valence-corrected chi connectivity index (χ1v) is 5.76. The molecule has 0 fully saturated rings. The number of fused-ring (bicyclic) bond motifs is 1. The van der Waals surface area contributed by atoms with Crippen molar-refractivity contribution in [3.8, 4) is 5.75 Å². The van der Waals surface area contributed by atoms with Crippen LogP contribution in [-0.4, -0.2) is 17.8 Å². The maximum absolute atomic E-state index is 11.7. The molecule has 0 aromatic heterocycles. The Labute approximate surface area is 100.0 Å². The van der Waals surface area contributed by atoms with Gasteiger partial charge < -0.3 is 10.1 Å². The summed E-state index contributed by atoms with van der Waals surface area (Å²) >= 11 is 0. The monoisotopic (exact) mass is 233 g/mol. The van der Waals surface area contributed by atoms with Crippen LogP contribution in [0.4, 0.5) is 5.69 Å². The molecule has 1 unspecified atom stereocenters. The molecule has 0 spiro atoms. The molecule has 1 aromatic rings. The molecular formula is C13H15NO3. The predicted octanol–water partition coefficient (Wildman–Crippen LogP) is 2.39. The molecule has 1 heterocycles. The van der Waals surface area contributed by atoms with E-state index in [1.807, 2.05) is 6.92 Å². The molecule has 1 aliphatic rings. The largest absolute Gasteiger partial charge is 0.479 e. The van der Waals surface area contributed by atoms with Crippen molar-refractivity contribution in [1.82, 2.24) is 0 Å². The smallest absolute Gasteiger partial charge is 0.265 e. The van der Waals surface area contributed by atoms with Gasteiger partial charge in [-0.3, -0.25) is 9.59 Å². The highest BCUT2D eigenvalue weighted by molar-refractivity contribution is 6.01. The van der Waals surface area contributed by atoms with Crippen LogP contribution in [0.15, 0.2) is 18.2 Å². The summed E-state index contributed by atoms with van der Waals surface area (Å²) in [7, 11) is 0. The first-order valence-electron chi connectivity index (χ1n) is 5.76. The van der Waals surface area contributed by atoms with Crippen LogP contribution < -0.4 is 10.1 Å². The average Bonchev–Trinajstić information content (AvgIpc) is 2.30. The molecule has 0 radical (unpaired) electrons. The molecule has 2 rings (SSSR count). The summed E-state index contributed by atoms with van der Waals surface area (Å²) < 4.78 is 5.42. The first-order chi connectivity index (χ1) is 8.11. The van der Waals surface area contributed by atoms with Gasteiger partial charge in [0.15, 0.2) is 11.9 Å². The molecule has 0 bridgehead atoms. The second kappa shape index (κ2) is 4.57. The fourth-order valence-corrected chi connectivity index (χ4v) is 1.75. The van der Waals surface area contributed by atoms with Crippen molar-refractivity contribution in [2.45, 2.75) is 32.8 Å². The van der Waals surface area contributed by atoms with Crippen molar-refractivity contribution in [3.63, 3.8) is 0 Å². The SMILES string of the molecule is CCCC(=O)c1ccc2c(c1)NC(=O)C(C)O2. The van der Waals surface area contributed by atoms with Crippen LogP contribution in [0.5, 0.6) is 5.75 Å². The topological polar surface area (TPSA) is 55.4 Å². The molecule has 4 nitrogen and oxygen atoms in total. The molecular weight excluding hydrogens is 218 g/mol. The first kappa shape index (κ1) is 11.6. The third-order valence-electron chi connectivity index (χ3n) is 2.71. The van der Waals surface area contributed by atoms with Gasteiger partial charge in [-0.25, -0.2) is 0 Å². The Kier molecular flexibility index (Phi) is 3.13. The molecule has 90 valence electrons. The van der Waals surface area contributed by atoms with Crippen LogP contribution in [0.1, 0.15) is 37.0 Å². The van der Waals surface area contributed by atoms with E-state index in [0.29, 0.717) is 23.4 Å². The van der Waals surface area contributed by atoms with Crippen molar-refractivity contribution >= 4 is 17.4 Å². The van der Waals surface area contributed by atoms with Gasteiger partial charge in [-0.1, -0.05) is 6.92 Å². The molecule has 4 heteroatoms. The molecule has 17 heavy (non-hydrogen) atoms. The van der Waals surface area contributed by atoms with Crippen LogP contribution in [0.2, 0.25) is 0 Å². The number of carbonyl (C=O) groups excluding carboxylic acids is 2. The quantitative estimate of drug-likeness (QED) is 0.815. The summed E-state index contributed by atoms with van der Waals surface area (Å²) in [5, 5.41) is 2.73. The minimum absolute atomic E-state index is 0.0863. The van der Waals surface area contributed by atoms with Crippen LogP contribution in [0.3, 0.4) is 0 Å². The third kappa shape index (κ3) is 2.30. The molecule has 1 N–H and O–H groups in total. The normalized spacial score (nSPS) is 18.0. The van der Waals surface area contributed by atoms with Gasteiger partial charge in [0.1, 0.15) is 5.75 Å². The highest BCUT2D eigenvalue weighted by atomic mass is 16.5. The Hall–Kier alpha value is -1.84. The molecule has 0 aliphatic carbocycles. The number of carbonyl (C=O) groups is 2. The average molecular weight is 233 g/mol. The fourth-order valence-electron chi connectivity index (χ4n) is 1.75. The summed E-state index contributed by atoms with van der Waals surface area (Å²) in [6.07, 6.45) is 0.847. The molecule has 0 saturated heterocycles. The van der Waals surface area contributed by atoms with E-state index in [2.05, 4.69) is 5.32 Å². The summed E-state index contributed by atoms with van der Waals surface area (Å²) in [6, 6.07) is 5.15. The maximum atomic E-state index is 11.7. The van der Waals surface area contributed by atoms with Gasteiger partial charge in [-0.2, -0.15) is 0 Å². The van der Waals surface area contributed by atoms with Gasteiger partial charge in [-0.05, 0) is 31.5 Å². The van der Waals surface area contributed by atoms with Crippen LogP contribution in [0, 0.1) is 0 Å². The van der Waals surface area contributed by atoms with Gasteiger partial charge in [0, 0.05) is 12.0 Å².